The van der Waals surface area contributed by atoms with Gasteiger partial charge in [0.1, 0.15) is 23.4 Å². The molecule has 1 saturated heterocycles. The number of aromatic nitrogens is 1. The normalized spacial score (nSPS) is 19.6. The molecule has 1 amide bonds. The molecule has 1 aromatic carbocycles. The number of ketones is 1. The van der Waals surface area contributed by atoms with Gasteiger partial charge in [-0.15, -0.1) is 11.8 Å². The van der Waals surface area contributed by atoms with E-state index >= 15 is 0 Å². The molecule has 2 aliphatic heterocycles. The Kier molecular flexibility index (Phi) is 8.64. The lowest BCUT2D eigenvalue weighted by Gasteiger charge is -2.48. The van der Waals surface area contributed by atoms with Crippen molar-refractivity contribution >= 4 is 54.7 Å². The summed E-state index contributed by atoms with van der Waals surface area (Å²) in [6.07, 6.45) is 1.29. The highest BCUT2D eigenvalue weighted by atomic mass is 32.2. The van der Waals surface area contributed by atoms with E-state index in [1.807, 2.05) is 6.92 Å². The molecule has 0 radical (unpaired) electrons. The number of thioether (sulfide) groups is 1. The molecule has 2 aliphatic rings. The SMILES string of the molecule is C[C@H](O[Si](C)(C)C(C)(C)C)[C@@H]1C(=O)N2C(C(=S)OCc3ccc([N+](=O)[O-])cc3)=C(CC(=O)c3ccccn3)S[C@H]12. The van der Waals surface area contributed by atoms with Crippen molar-refractivity contribution in [1.29, 1.82) is 0 Å². The fourth-order valence-electron chi connectivity index (χ4n) is 4.37. The lowest BCUT2D eigenvalue weighted by Crippen LogP contribution is -2.62. The van der Waals surface area contributed by atoms with Gasteiger partial charge < -0.3 is 9.16 Å². The molecule has 0 spiro atoms. The maximum Gasteiger partial charge on any atom is 0.269 e. The quantitative estimate of drug-likeness (QED) is 0.0780. The number of rotatable bonds is 10. The minimum Gasteiger partial charge on any atom is -0.477 e. The average Bonchev–Trinajstić information content (AvgIpc) is 3.20. The summed E-state index contributed by atoms with van der Waals surface area (Å²) in [6.45, 7) is 12.8. The van der Waals surface area contributed by atoms with Crippen molar-refractivity contribution in [2.75, 3.05) is 0 Å². The second-order valence-corrected chi connectivity index (χ2v) is 17.8. The number of hydrogen-bond acceptors (Lipinski definition) is 9. The van der Waals surface area contributed by atoms with Crippen LogP contribution in [0.4, 0.5) is 5.69 Å². The first kappa shape index (κ1) is 30.0. The number of nitrogens with zero attached hydrogens (tertiary/aromatic N) is 3. The van der Waals surface area contributed by atoms with E-state index in [0.29, 0.717) is 21.9 Å². The standard InChI is InChI=1S/C28H33N3O6S2Si/c1-17(37-40(5,6)28(2,3)4)23-25(33)30-24(27(38)36-16-18-10-12-19(13-11-18)31(34)35)22(39-26(23)30)15-21(32)20-9-7-8-14-29-20/h7-14,17,23,26H,15-16H2,1-6H3/t17-,23+,26+/m0/s1. The minimum absolute atomic E-state index is 0.00644. The molecule has 0 saturated carbocycles. The number of fused-ring (bicyclic) bond motifs is 1. The smallest absolute Gasteiger partial charge is 0.269 e. The molecule has 3 heterocycles. The number of nitro groups is 1. The second-order valence-electron chi connectivity index (χ2n) is 11.4. The highest BCUT2D eigenvalue weighted by Crippen LogP contribution is 2.53. The van der Waals surface area contributed by atoms with E-state index in [-0.39, 0.29) is 57.9 Å². The second kappa shape index (κ2) is 11.5. The zero-order valence-electron chi connectivity index (χ0n) is 23.4. The molecule has 3 atom stereocenters. The predicted molar refractivity (Wildman–Crippen MR) is 160 cm³/mol. The Balaban J connectivity index is 1.55. The van der Waals surface area contributed by atoms with Crippen LogP contribution in [0.25, 0.3) is 0 Å². The molecule has 212 valence electrons. The monoisotopic (exact) mass is 599 g/mol. The Morgan fingerprint density at radius 2 is 1.90 bits per heavy atom. The van der Waals surface area contributed by atoms with Crippen molar-refractivity contribution in [3.05, 3.63) is 80.6 Å². The van der Waals surface area contributed by atoms with E-state index in [1.165, 1.54) is 23.9 Å². The Morgan fingerprint density at radius 1 is 1.23 bits per heavy atom. The van der Waals surface area contributed by atoms with Crippen LogP contribution in [0.3, 0.4) is 0 Å². The molecule has 0 N–H and O–H groups in total. The van der Waals surface area contributed by atoms with Gasteiger partial charge in [0.25, 0.3) is 5.69 Å². The molecule has 1 fully saturated rings. The maximum absolute atomic E-state index is 13.5. The Bertz CT molecular complexity index is 1360. The van der Waals surface area contributed by atoms with Gasteiger partial charge in [-0.05, 0) is 67.1 Å². The average molecular weight is 600 g/mol. The largest absolute Gasteiger partial charge is 0.477 e. The number of ether oxygens (including phenoxy) is 1. The van der Waals surface area contributed by atoms with Gasteiger partial charge in [0.05, 0.1) is 16.9 Å². The molecule has 1 aromatic heterocycles. The van der Waals surface area contributed by atoms with Gasteiger partial charge in [0, 0.05) is 29.7 Å². The van der Waals surface area contributed by atoms with Gasteiger partial charge in [-0.1, -0.05) is 26.8 Å². The number of amides is 1. The summed E-state index contributed by atoms with van der Waals surface area (Å²) in [7, 11) is -2.12. The third-order valence-electron chi connectivity index (χ3n) is 7.63. The van der Waals surface area contributed by atoms with Crippen molar-refractivity contribution in [2.45, 2.75) is 70.3 Å². The number of Topliss-reactive ketones (excluding diaryl/α,β-unsaturated/α-hetero) is 1. The molecule has 12 heteroatoms. The van der Waals surface area contributed by atoms with E-state index in [1.54, 1.807) is 41.4 Å². The lowest BCUT2D eigenvalue weighted by molar-refractivity contribution is -0.384. The van der Waals surface area contributed by atoms with Crippen LogP contribution in [0.2, 0.25) is 18.1 Å². The summed E-state index contributed by atoms with van der Waals surface area (Å²) in [5, 5.41) is 10.8. The van der Waals surface area contributed by atoms with Crippen molar-refractivity contribution in [2.24, 2.45) is 5.92 Å². The first-order valence-corrected chi connectivity index (χ1v) is 17.2. The van der Waals surface area contributed by atoms with E-state index in [4.69, 9.17) is 21.4 Å². The highest BCUT2D eigenvalue weighted by Gasteiger charge is 2.58. The third kappa shape index (κ3) is 6.04. The van der Waals surface area contributed by atoms with Crippen molar-refractivity contribution < 1.29 is 23.7 Å². The first-order valence-electron chi connectivity index (χ1n) is 13.0. The number of β-lactam (4-membered cyclic amide) rings is 1. The summed E-state index contributed by atoms with van der Waals surface area (Å²) in [4.78, 5) is 43.6. The van der Waals surface area contributed by atoms with Gasteiger partial charge in [-0.3, -0.25) is 29.6 Å². The molecular formula is C28H33N3O6S2Si. The van der Waals surface area contributed by atoms with Crippen LogP contribution < -0.4 is 0 Å². The third-order valence-corrected chi connectivity index (χ3v) is 13.9. The fourth-order valence-corrected chi connectivity index (χ4v) is 7.75. The number of benzene rings is 1. The van der Waals surface area contributed by atoms with E-state index in [0.717, 1.165) is 0 Å². The number of carbonyl (C=O) groups is 2. The van der Waals surface area contributed by atoms with Crippen LogP contribution in [0, 0.1) is 16.0 Å². The molecule has 40 heavy (non-hydrogen) atoms. The van der Waals surface area contributed by atoms with Crippen molar-refractivity contribution in [3.63, 3.8) is 0 Å². The van der Waals surface area contributed by atoms with Crippen LogP contribution in [-0.2, 0) is 20.6 Å². The summed E-state index contributed by atoms with van der Waals surface area (Å²) >= 11 is 7.09. The lowest BCUT2D eigenvalue weighted by atomic mass is 9.92. The molecular weight excluding hydrogens is 567 g/mol. The molecule has 2 aromatic rings. The van der Waals surface area contributed by atoms with Gasteiger partial charge in [0.15, 0.2) is 14.1 Å². The predicted octanol–water partition coefficient (Wildman–Crippen LogP) is 6.26. The van der Waals surface area contributed by atoms with Gasteiger partial charge >= 0.3 is 0 Å². The summed E-state index contributed by atoms with van der Waals surface area (Å²) in [6, 6.07) is 11.1. The molecule has 0 aliphatic carbocycles. The minimum atomic E-state index is -2.12. The van der Waals surface area contributed by atoms with Gasteiger partial charge in [-0.25, -0.2) is 0 Å². The Hall–Kier alpha value is -2.93. The number of hydrogen-bond donors (Lipinski definition) is 0. The van der Waals surface area contributed by atoms with Crippen LogP contribution in [0.1, 0.15) is 50.2 Å². The molecule has 9 nitrogen and oxygen atoms in total. The number of allylic oxidation sites excluding steroid dienone is 1. The molecule has 0 bridgehead atoms. The number of pyridine rings is 1. The number of non-ortho nitro benzene ring substituents is 1. The first-order chi connectivity index (χ1) is 18.7. The van der Waals surface area contributed by atoms with Gasteiger partial charge in [0.2, 0.25) is 11.0 Å². The van der Waals surface area contributed by atoms with Crippen LogP contribution in [0.15, 0.2) is 59.3 Å². The zero-order chi connectivity index (χ0) is 29.4. The topological polar surface area (TPSA) is 112 Å². The summed E-state index contributed by atoms with van der Waals surface area (Å²) in [5.74, 6) is -0.676. The van der Waals surface area contributed by atoms with Crippen molar-refractivity contribution in [1.82, 2.24) is 9.88 Å². The zero-order valence-corrected chi connectivity index (χ0v) is 26.0. The van der Waals surface area contributed by atoms with Crippen LogP contribution in [0.5, 0.6) is 0 Å². The number of nitro benzene ring substituents is 1. The van der Waals surface area contributed by atoms with Crippen LogP contribution in [-0.4, -0.2) is 51.3 Å². The fraction of sp³-hybridized carbons (Fsp3) is 0.429. The Labute approximate surface area is 244 Å². The Morgan fingerprint density at radius 3 is 2.48 bits per heavy atom. The number of carbonyl (C=O) groups excluding carboxylic acids is 2. The molecule has 0 unspecified atom stereocenters. The van der Waals surface area contributed by atoms with Crippen LogP contribution >= 0.6 is 24.0 Å². The van der Waals surface area contributed by atoms with Crippen molar-refractivity contribution in [3.8, 4) is 0 Å². The van der Waals surface area contributed by atoms with Gasteiger partial charge in [-0.2, -0.15) is 0 Å². The summed E-state index contributed by atoms with van der Waals surface area (Å²) < 4.78 is 12.5. The maximum atomic E-state index is 13.5. The van der Waals surface area contributed by atoms with E-state index in [2.05, 4.69) is 38.8 Å². The van der Waals surface area contributed by atoms with E-state index in [9.17, 15) is 19.7 Å². The van der Waals surface area contributed by atoms with E-state index < -0.39 is 13.2 Å². The number of thiocarbonyl (C=S) groups is 1. The highest BCUT2D eigenvalue weighted by molar-refractivity contribution is 8.04. The summed E-state index contributed by atoms with van der Waals surface area (Å²) in [5.41, 5.74) is 1.42. The molecule has 4 rings (SSSR count).